The molecule has 0 aromatic carbocycles. The van der Waals surface area contributed by atoms with E-state index in [1.807, 2.05) is 0 Å². The van der Waals surface area contributed by atoms with Crippen molar-refractivity contribution in [2.75, 3.05) is 13.2 Å². The molecule has 0 spiro atoms. The second-order valence-electron chi connectivity index (χ2n) is 9.74. The summed E-state index contributed by atoms with van der Waals surface area (Å²) in [5.41, 5.74) is 0.515. The zero-order valence-corrected chi connectivity index (χ0v) is 24.0. The molecule has 0 saturated carbocycles. The minimum Gasteiger partial charge on any atom is -0.472 e. The van der Waals surface area contributed by atoms with Crippen molar-refractivity contribution in [2.45, 2.75) is 84.6 Å². The first-order chi connectivity index (χ1) is 19.8. The molecule has 9 atom stereocenters. The highest BCUT2D eigenvalue weighted by molar-refractivity contribution is 5.69. The molecular formula is C27H34O15. The summed E-state index contributed by atoms with van der Waals surface area (Å²) in [6, 6.07) is 0. The first kappa shape index (κ1) is 32.5. The minimum atomic E-state index is -1.52. The van der Waals surface area contributed by atoms with Gasteiger partial charge in [0.05, 0.1) is 12.2 Å². The third kappa shape index (κ3) is 8.52. The van der Waals surface area contributed by atoms with E-state index in [4.69, 9.17) is 42.6 Å². The first-order valence-corrected chi connectivity index (χ1v) is 13.1. The van der Waals surface area contributed by atoms with Crippen LogP contribution < -0.4 is 0 Å². The number of hydrogen-bond acceptors (Lipinski definition) is 15. The van der Waals surface area contributed by atoms with Crippen molar-refractivity contribution >= 4 is 35.8 Å². The van der Waals surface area contributed by atoms with Gasteiger partial charge in [-0.1, -0.05) is 0 Å². The van der Waals surface area contributed by atoms with Gasteiger partial charge in [-0.05, 0) is 17.7 Å². The Kier molecular flexibility index (Phi) is 11.1. The SMILES string of the molecule is CC(=O)OCC1=C[C@@H](OC(C)=O)[C@@H]2C=CO[C@@H](O[C@@H]3O[C@@H](COC(C)=O)[C@H](OC(C)=O)[C@@H](OC(C)=O)[C@@H]3OC(C)=O)[C@H]12. The molecule has 1 saturated heterocycles. The van der Waals surface area contributed by atoms with Crippen molar-refractivity contribution < 1.29 is 71.4 Å². The molecule has 2 aliphatic heterocycles. The molecule has 0 N–H and O–H groups in total. The Labute approximate surface area is 241 Å². The highest BCUT2D eigenvalue weighted by atomic mass is 16.8. The van der Waals surface area contributed by atoms with Crippen LogP contribution in [0.1, 0.15) is 41.5 Å². The van der Waals surface area contributed by atoms with E-state index in [-0.39, 0.29) is 6.61 Å². The van der Waals surface area contributed by atoms with Gasteiger partial charge in [0.25, 0.3) is 0 Å². The van der Waals surface area contributed by atoms with Gasteiger partial charge in [-0.3, -0.25) is 28.8 Å². The third-order valence-corrected chi connectivity index (χ3v) is 6.37. The molecule has 0 aromatic heterocycles. The summed E-state index contributed by atoms with van der Waals surface area (Å²) in [5, 5.41) is 0. The summed E-state index contributed by atoms with van der Waals surface area (Å²) in [4.78, 5) is 71.1. The second kappa shape index (κ2) is 14.3. The predicted octanol–water partition coefficient (Wildman–Crippen LogP) is 0.623. The zero-order valence-electron chi connectivity index (χ0n) is 24.0. The van der Waals surface area contributed by atoms with E-state index >= 15 is 0 Å². The normalized spacial score (nSPS) is 31.4. The van der Waals surface area contributed by atoms with Crippen LogP contribution in [0, 0.1) is 11.8 Å². The lowest BCUT2D eigenvalue weighted by molar-refractivity contribution is -0.342. The van der Waals surface area contributed by atoms with Gasteiger partial charge in [0.15, 0.2) is 18.3 Å². The van der Waals surface area contributed by atoms with Crippen LogP contribution in [-0.2, 0) is 71.4 Å². The molecule has 0 unspecified atom stereocenters. The van der Waals surface area contributed by atoms with Gasteiger partial charge in [-0.25, -0.2) is 0 Å². The van der Waals surface area contributed by atoms with Crippen molar-refractivity contribution in [3.8, 4) is 0 Å². The molecule has 1 aliphatic carbocycles. The molecule has 15 nitrogen and oxygen atoms in total. The minimum absolute atomic E-state index is 0.163. The van der Waals surface area contributed by atoms with Crippen LogP contribution in [0.5, 0.6) is 0 Å². The van der Waals surface area contributed by atoms with E-state index in [9.17, 15) is 28.8 Å². The van der Waals surface area contributed by atoms with Gasteiger partial charge in [0.2, 0.25) is 12.6 Å². The number of esters is 6. The summed E-state index contributed by atoms with van der Waals surface area (Å²) in [6.07, 6.45) is -4.37. The van der Waals surface area contributed by atoms with E-state index in [0.29, 0.717) is 5.57 Å². The molecule has 0 radical (unpaired) electrons. The number of ether oxygens (including phenoxy) is 9. The second-order valence-corrected chi connectivity index (χ2v) is 9.74. The Morgan fingerprint density at radius 3 is 1.83 bits per heavy atom. The van der Waals surface area contributed by atoms with Gasteiger partial charge >= 0.3 is 35.8 Å². The van der Waals surface area contributed by atoms with Crippen molar-refractivity contribution in [1.82, 2.24) is 0 Å². The maximum atomic E-state index is 12.1. The zero-order chi connectivity index (χ0) is 31.1. The number of hydrogen-bond donors (Lipinski definition) is 0. The number of fused-ring (bicyclic) bond motifs is 1. The highest BCUT2D eigenvalue weighted by Crippen LogP contribution is 2.43. The maximum absolute atomic E-state index is 12.1. The fourth-order valence-corrected chi connectivity index (χ4v) is 4.95. The average molecular weight is 599 g/mol. The Morgan fingerprint density at radius 2 is 1.26 bits per heavy atom. The van der Waals surface area contributed by atoms with Gasteiger partial charge in [0, 0.05) is 47.5 Å². The van der Waals surface area contributed by atoms with Gasteiger partial charge in [-0.15, -0.1) is 0 Å². The highest BCUT2D eigenvalue weighted by Gasteiger charge is 2.55. The van der Waals surface area contributed by atoms with E-state index in [0.717, 1.165) is 27.7 Å². The molecule has 0 amide bonds. The van der Waals surface area contributed by atoms with Crippen LogP contribution in [-0.4, -0.2) is 92.1 Å². The molecule has 232 valence electrons. The van der Waals surface area contributed by atoms with Crippen LogP contribution in [0.3, 0.4) is 0 Å². The summed E-state index contributed by atoms with van der Waals surface area (Å²) >= 11 is 0. The summed E-state index contributed by atoms with van der Waals surface area (Å²) in [7, 11) is 0. The molecule has 15 heteroatoms. The molecule has 2 heterocycles. The van der Waals surface area contributed by atoms with Gasteiger partial charge in [0.1, 0.15) is 25.4 Å². The maximum Gasteiger partial charge on any atom is 0.303 e. The smallest absolute Gasteiger partial charge is 0.303 e. The monoisotopic (exact) mass is 598 g/mol. The third-order valence-electron chi connectivity index (χ3n) is 6.37. The van der Waals surface area contributed by atoms with Crippen LogP contribution in [0.4, 0.5) is 0 Å². The Bertz CT molecular complexity index is 1130. The molecule has 3 rings (SSSR count). The number of rotatable bonds is 10. The van der Waals surface area contributed by atoms with Crippen LogP contribution >= 0.6 is 0 Å². The fraction of sp³-hybridized carbons (Fsp3) is 0.630. The molecule has 0 aromatic rings. The lowest BCUT2D eigenvalue weighted by Crippen LogP contribution is -2.63. The predicted molar refractivity (Wildman–Crippen MR) is 134 cm³/mol. The van der Waals surface area contributed by atoms with Crippen molar-refractivity contribution in [3.63, 3.8) is 0 Å². The lowest BCUT2D eigenvalue weighted by Gasteiger charge is -2.45. The molecule has 42 heavy (non-hydrogen) atoms. The number of carbonyl (C=O) groups excluding carboxylic acids is 6. The molecule has 3 aliphatic rings. The first-order valence-electron chi connectivity index (χ1n) is 13.1. The Balaban J connectivity index is 1.99. The standard InChI is InChI=1S/C27H34O15/c1-12(28)35-10-18-9-20(37-14(3)30)19-7-8-34-26(22(18)19)42-27-25(40-17(6)33)24(39-16(5)32)23(38-15(4)31)21(41-27)11-36-13(2)29/h7-9,19-27H,10-11H2,1-6H3/t19-,20+,21-,22+,23-,24+,25-,26-,27-/m0/s1. The lowest BCUT2D eigenvalue weighted by atomic mass is 9.88. The van der Waals surface area contributed by atoms with E-state index in [1.165, 1.54) is 20.1 Å². The van der Waals surface area contributed by atoms with Crippen LogP contribution in [0.15, 0.2) is 24.0 Å². The summed E-state index contributed by atoms with van der Waals surface area (Å²) in [6.45, 7) is 6.34. The van der Waals surface area contributed by atoms with Crippen molar-refractivity contribution in [2.24, 2.45) is 11.8 Å². The van der Waals surface area contributed by atoms with E-state index in [1.54, 1.807) is 12.2 Å². The van der Waals surface area contributed by atoms with Gasteiger partial charge in [-0.2, -0.15) is 0 Å². The molecule has 0 bridgehead atoms. The quantitative estimate of drug-likeness (QED) is 0.193. The molecular weight excluding hydrogens is 564 g/mol. The van der Waals surface area contributed by atoms with E-state index in [2.05, 4.69) is 0 Å². The average Bonchev–Trinajstić information content (AvgIpc) is 3.22. The largest absolute Gasteiger partial charge is 0.472 e. The van der Waals surface area contributed by atoms with Crippen molar-refractivity contribution in [3.05, 3.63) is 24.0 Å². The number of carbonyl (C=O) groups is 6. The summed E-state index contributed by atoms with van der Waals surface area (Å²) in [5.74, 6) is -5.31. The molecule has 1 fully saturated rings. The Morgan fingerprint density at radius 1 is 0.690 bits per heavy atom. The van der Waals surface area contributed by atoms with Gasteiger partial charge < -0.3 is 42.6 Å². The summed E-state index contributed by atoms with van der Waals surface area (Å²) < 4.78 is 49.9. The van der Waals surface area contributed by atoms with E-state index < -0.39 is 97.4 Å². The van der Waals surface area contributed by atoms with Crippen LogP contribution in [0.2, 0.25) is 0 Å². The topological polar surface area (TPSA) is 185 Å². The fourth-order valence-electron chi connectivity index (χ4n) is 4.95. The Hall–Kier alpha value is -3.98. The van der Waals surface area contributed by atoms with Crippen molar-refractivity contribution in [1.29, 1.82) is 0 Å². The van der Waals surface area contributed by atoms with Crippen LogP contribution in [0.25, 0.3) is 0 Å².